The fourth-order valence-corrected chi connectivity index (χ4v) is 3.71. The highest BCUT2D eigenvalue weighted by molar-refractivity contribution is 6.00. The third kappa shape index (κ3) is 5.77. The molecule has 5 heteroatoms. The molecule has 2 N–H and O–H groups in total. The number of ether oxygens (including phenoxy) is 1. The maximum absolute atomic E-state index is 12.7. The summed E-state index contributed by atoms with van der Waals surface area (Å²) in [5, 5.41) is 14.0. The van der Waals surface area contributed by atoms with Crippen molar-refractivity contribution < 1.29 is 19.4 Å². The van der Waals surface area contributed by atoms with Crippen LogP contribution in [0.15, 0.2) is 91.0 Å². The molecule has 0 heterocycles. The SMILES string of the molecule is Cc1cccc(COc2ccc3cc(C(=O)N[C@@H](Cc4ccccc4)C(=O)O)ccc3c2)c1. The predicted octanol–water partition coefficient (Wildman–Crippen LogP) is 5.15. The zero-order chi connectivity index (χ0) is 23.2. The maximum atomic E-state index is 12.7. The Labute approximate surface area is 192 Å². The van der Waals surface area contributed by atoms with Crippen LogP contribution < -0.4 is 10.1 Å². The third-order valence-electron chi connectivity index (χ3n) is 5.45. The van der Waals surface area contributed by atoms with Crippen molar-refractivity contribution in [2.24, 2.45) is 0 Å². The minimum absolute atomic E-state index is 0.219. The van der Waals surface area contributed by atoms with Gasteiger partial charge in [0.05, 0.1) is 0 Å². The maximum Gasteiger partial charge on any atom is 0.326 e. The van der Waals surface area contributed by atoms with E-state index in [-0.39, 0.29) is 6.42 Å². The van der Waals surface area contributed by atoms with Gasteiger partial charge in [0, 0.05) is 12.0 Å². The van der Waals surface area contributed by atoms with Crippen molar-refractivity contribution in [1.29, 1.82) is 0 Å². The highest BCUT2D eigenvalue weighted by Crippen LogP contribution is 2.23. The van der Waals surface area contributed by atoms with E-state index >= 15 is 0 Å². The molecule has 166 valence electrons. The normalized spacial score (nSPS) is 11.7. The average molecular weight is 440 g/mol. The number of carboxylic acid groups (broad SMARTS) is 1. The number of carboxylic acids is 1. The number of carbonyl (C=O) groups excluding carboxylic acids is 1. The topological polar surface area (TPSA) is 75.6 Å². The van der Waals surface area contributed by atoms with Gasteiger partial charge >= 0.3 is 5.97 Å². The summed E-state index contributed by atoms with van der Waals surface area (Å²) in [5.41, 5.74) is 3.55. The standard InChI is InChI=1S/C28H25NO4/c1-19-6-5-9-21(14-19)18-33-25-13-12-22-16-24(11-10-23(22)17-25)27(30)29-26(28(31)32)15-20-7-3-2-4-8-20/h2-14,16-17,26H,15,18H2,1H3,(H,29,30)(H,31,32)/t26-/m0/s1. The molecule has 0 unspecified atom stereocenters. The fraction of sp³-hybridized carbons (Fsp3) is 0.143. The molecule has 0 aliphatic carbocycles. The van der Waals surface area contributed by atoms with E-state index in [1.165, 1.54) is 5.56 Å². The van der Waals surface area contributed by atoms with Crippen molar-refractivity contribution in [3.63, 3.8) is 0 Å². The van der Waals surface area contributed by atoms with Crippen LogP contribution >= 0.6 is 0 Å². The van der Waals surface area contributed by atoms with Crippen LogP contribution in [0.4, 0.5) is 0 Å². The Balaban J connectivity index is 1.45. The molecule has 0 bridgehead atoms. The molecule has 33 heavy (non-hydrogen) atoms. The van der Waals surface area contributed by atoms with Crippen molar-refractivity contribution in [2.75, 3.05) is 0 Å². The minimum Gasteiger partial charge on any atom is -0.489 e. The number of carbonyl (C=O) groups is 2. The number of hydrogen-bond donors (Lipinski definition) is 2. The van der Waals surface area contributed by atoms with E-state index in [1.54, 1.807) is 12.1 Å². The number of rotatable bonds is 8. The zero-order valence-corrected chi connectivity index (χ0v) is 18.3. The van der Waals surface area contributed by atoms with E-state index in [2.05, 4.69) is 11.4 Å². The zero-order valence-electron chi connectivity index (χ0n) is 18.3. The molecule has 0 aliphatic rings. The molecule has 4 rings (SSSR count). The van der Waals surface area contributed by atoms with Crippen LogP contribution in [-0.2, 0) is 17.8 Å². The number of hydrogen-bond acceptors (Lipinski definition) is 3. The van der Waals surface area contributed by atoms with Crippen LogP contribution in [0.2, 0.25) is 0 Å². The number of aliphatic carboxylic acids is 1. The lowest BCUT2D eigenvalue weighted by Gasteiger charge is -2.15. The Hall–Kier alpha value is -4.12. The average Bonchev–Trinajstić information content (AvgIpc) is 2.82. The van der Waals surface area contributed by atoms with Gasteiger partial charge in [-0.1, -0.05) is 72.3 Å². The molecule has 0 aromatic heterocycles. The van der Waals surface area contributed by atoms with E-state index in [1.807, 2.05) is 79.7 Å². The van der Waals surface area contributed by atoms with Gasteiger partial charge in [-0.05, 0) is 53.1 Å². The minimum atomic E-state index is -1.07. The van der Waals surface area contributed by atoms with Crippen molar-refractivity contribution >= 4 is 22.6 Å². The van der Waals surface area contributed by atoms with Crippen LogP contribution in [0.25, 0.3) is 10.8 Å². The number of amides is 1. The summed E-state index contributed by atoms with van der Waals surface area (Å²) >= 11 is 0. The summed E-state index contributed by atoms with van der Waals surface area (Å²) in [4.78, 5) is 24.4. The second kappa shape index (κ2) is 10.0. The van der Waals surface area contributed by atoms with Crippen LogP contribution in [0.3, 0.4) is 0 Å². The highest BCUT2D eigenvalue weighted by Gasteiger charge is 2.21. The van der Waals surface area contributed by atoms with E-state index < -0.39 is 17.9 Å². The molecule has 4 aromatic rings. The van der Waals surface area contributed by atoms with Gasteiger partial charge in [0.1, 0.15) is 18.4 Å². The first-order chi connectivity index (χ1) is 16.0. The van der Waals surface area contributed by atoms with Crippen LogP contribution in [0.5, 0.6) is 5.75 Å². The first-order valence-electron chi connectivity index (χ1n) is 10.8. The first kappa shape index (κ1) is 22.1. The summed E-state index contributed by atoms with van der Waals surface area (Å²) in [6.45, 7) is 2.53. The molecule has 4 aromatic carbocycles. The molecule has 0 spiro atoms. The molecule has 0 saturated carbocycles. The predicted molar refractivity (Wildman–Crippen MR) is 128 cm³/mol. The summed E-state index contributed by atoms with van der Waals surface area (Å²) < 4.78 is 5.92. The van der Waals surface area contributed by atoms with E-state index in [4.69, 9.17) is 4.74 Å². The van der Waals surface area contributed by atoms with Gasteiger partial charge in [-0.25, -0.2) is 4.79 Å². The van der Waals surface area contributed by atoms with Crippen molar-refractivity contribution in [3.8, 4) is 5.75 Å². The summed E-state index contributed by atoms with van der Waals surface area (Å²) in [7, 11) is 0. The van der Waals surface area contributed by atoms with E-state index in [0.717, 1.165) is 27.6 Å². The van der Waals surface area contributed by atoms with E-state index in [0.29, 0.717) is 12.2 Å². The van der Waals surface area contributed by atoms with E-state index in [9.17, 15) is 14.7 Å². The lowest BCUT2D eigenvalue weighted by atomic mass is 10.0. The smallest absolute Gasteiger partial charge is 0.326 e. The largest absolute Gasteiger partial charge is 0.489 e. The van der Waals surface area contributed by atoms with Gasteiger partial charge in [0.15, 0.2) is 0 Å². The number of fused-ring (bicyclic) bond motifs is 1. The molecule has 0 radical (unpaired) electrons. The number of nitrogens with one attached hydrogen (secondary N) is 1. The van der Waals surface area contributed by atoms with Crippen molar-refractivity contribution in [3.05, 3.63) is 113 Å². The summed E-state index contributed by atoms with van der Waals surface area (Å²) in [6, 6.07) is 27.4. The second-order valence-corrected chi connectivity index (χ2v) is 8.06. The lowest BCUT2D eigenvalue weighted by molar-refractivity contribution is -0.139. The Bertz CT molecular complexity index is 1280. The molecular formula is C28H25NO4. The number of aryl methyl sites for hydroxylation is 1. The fourth-order valence-electron chi connectivity index (χ4n) is 3.71. The first-order valence-corrected chi connectivity index (χ1v) is 10.8. The molecule has 0 saturated heterocycles. The molecule has 1 atom stereocenters. The molecule has 1 amide bonds. The Morgan fingerprint density at radius 3 is 2.33 bits per heavy atom. The molecular weight excluding hydrogens is 414 g/mol. The Morgan fingerprint density at radius 1 is 0.848 bits per heavy atom. The second-order valence-electron chi connectivity index (χ2n) is 8.06. The number of benzene rings is 4. The van der Waals surface area contributed by atoms with Crippen LogP contribution in [0.1, 0.15) is 27.0 Å². The summed E-state index contributed by atoms with van der Waals surface area (Å²) in [6.07, 6.45) is 0.219. The lowest BCUT2D eigenvalue weighted by Crippen LogP contribution is -2.42. The van der Waals surface area contributed by atoms with Crippen LogP contribution in [-0.4, -0.2) is 23.0 Å². The molecule has 0 fully saturated rings. The summed E-state index contributed by atoms with van der Waals surface area (Å²) in [5.74, 6) is -0.738. The quantitative estimate of drug-likeness (QED) is 0.398. The Morgan fingerprint density at radius 2 is 1.58 bits per heavy atom. The van der Waals surface area contributed by atoms with Crippen molar-refractivity contribution in [1.82, 2.24) is 5.32 Å². The van der Waals surface area contributed by atoms with Crippen molar-refractivity contribution in [2.45, 2.75) is 26.0 Å². The van der Waals surface area contributed by atoms with Gasteiger partial charge in [0.2, 0.25) is 0 Å². The van der Waals surface area contributed by atoms with Gasteiger partial charge in [-0.15, -0.1) is 0 Å². The van der Waals surface area contributed by atoms with Gasteiger partial charge in [0.25, 0.3) is 5.91 Å². The molecule has 5 nitrogen and oxygen atoms in total. The monoisotopic (exact) mass is 439 g/mol. The molecule has 0 aliphatic heterocycles. The van der Waals surface area contributed by atoms with Gasteiger partial charge in [-0.3, -0.25) is 4.79 Å². The van der Waals surface area contributed by atoms with Crippen LogP contribution in [0, 0.1) is 6.92 Å². The third-order valence-corrected chi connectivity index (χ3v) is 5.45. The van der Waals surface area contributed by atoms with Gasteiger partial charge < -0.3 is 15.2 Å². The van der Waals surface area contributed by atoms with Gasteiger partial charge in [-0.2, -0.15) is 0 Å². The highest BCUT2D eigenvalue weighted by atomic mass is 16.5. The Kier molecular flexibility index (Phi) is 6.69.